The summed E-state index contributed by atoms with van der Waals surface area (Å²) in [6, 6.07) is 3.17. The molecule has 3 heterocycles. The van der Waals surface area contributed by atoms with Gasteiger partial charge in [-0.15, -0.1) is 0 Å². The molecule has 4 rings (SSSR count). The quantitative estimate of drug-likeness (QED) is 0.432. The van der Waals surface area contributed by atoms with Gasteiger partial charge in [-0.05, 0) is 39.8 Å². The third-order valence-corrected chi connectivity index (χ3v) is 6.20. The maximum absolute atomic E-state index is 14.8. The molecule has 0 radical (unpaired) electrons. The van der Waals surface area contributed by atoms with Gasteiger partial charge in [0.25, 0.3) is 0 Å². The Morgan fingerprint density at radius 3 is 2.44 bits per heavy atom. The lowest BCUT2D eigenvalue weighted by molar-refractivity contribution is 0.251. The van der Waals surface area contributed by atoms with Crippen LogP contribution in [0, 0.1) is 12.7 Å². The number of nitrogens with one attached hydrogen (secondary N) is 3. The van der Waals surface area contributed by atoms with Crippen LogP contribution < -0.4 is 25.8 Å². The molecule has 10 nitrogen and oxygen atoms in total. The van der Waals surface area contributed by atoms with Crippen molar-refractivity contribution in [3.8, 4) is 0 Å². The highest BCUT2D eigenvalue weighted by Crippen LogP contribution is 2.37. The topological polar surface area (TPSA) is 107 Å². The summed E-state index contributed by atoms with van der Waals surface area (Å²) in [7, 11) is 3.38. The Morgan fingerprint density at radius 1 is 1.11 bits per heavy atom. The molecule has 36 heavy (non-hydrogen) atoms. The number of halogens is 2. The first kappa shape index (κ1) is 25.2. The molecule has 0 saturated carbocycles. The van der Waals surface area contributed by atoms with Crippen LogP contribution in [0.5, 0.6) is 0 Å². The van der Waals surface area contributed by atoms with Gasteiger partial charge in [0, 0.05) is 31.9 Å². The van der Waals surface area contributed by atoms with E-state index in [2.05, 4.69) is 26.0 Å². The average molecular weight is 515 g/mol. The molecule has 3 aromatic rings. The lowest BCUT2D eigenvalue weighted by atomic mass is 10.1. The standard InChI is InChI=1S/C24H28ClFN8O2/c1-13-18(11-29-34(13)24(2,3)4)31-22(35)30-17-8-20(15(25)7-16(17)26)33-12-14-10-28-21(27-5)9-19(14)32(6)23(33)36/h7-11H,12H2,1-6H3,(H,27,28)(H2,30,31,35). The number of benzene rings is 1. The molecule has 0 bridgehead atoms. The van der Waals surface area contributed by atoms with Gasteiger partial charge in [0.15, 0.2) is 0 Å². The molecule has 0 spiro atoms. The largest absolute Gasteiger partial charge is 0.373 e. The molecule has 0 aliphatic carbocycles. The summed E-state index contributed by atoms with van der Waals surface area (Å²) in [4.78, 5) is 33.1. The van der Waals surface area contributed by atoms with Gasteiger partial charge in [-0.3, -0.25) is 14.5 Å². The molecule has 1 aliphatic heterocycles. The number of hydrogen-bond donors (Lipinski definition) is 3. The maximum atomic E-state index is 14.8. The summed E-state index contributed by atoms with van der Waals surface area (Å²) in [6.45, 7) is 8.00. The molecular weight excluding hydrogens is 487 g/mol. The van der Waals surface area contributed by atoms with Crippen molar-refractivity contribution in [2.45, 2.75) is 39.8 Å². The van der Waals surface area contributed by atoms with Gasteiger partial charge >= 0.3 is 12.1 Å². The van der Waals surface area contributed by atoms with Gasteiger partial charge in [0.05, 0.1) is 51.7 Å². The second kappa shape index (κ2) is 9.30. The second-order valence-corrected chi connectivity index (χ2v) is 9.87. The Labute approximate surface area is 213 Å². The minimum atomic E-state index is -0.737. The third-order valence-electron chi connectivity index (χ3n) is 5.89. The normalized spacial score (nSPS) is 13.5. The molecule has 1 aromatic carbocycles. The first-order chi connectivity index (χ1) is 16.9. The SMILES string of the molecule is CNc1cc2c(cn1)CN(c1cc(NC(=O)Nc3cnn(C(C)(C)C)c3C)c(F)cc1Cl)C(=O)N2C. The number of carbonyl (C=O) groups is 2. The van der Waals surface area contributed by atoms with Crippen molar-refractivity contribution < 1.29 is 14.0 Å². The van der Waals surface area contributed by atoms with Crippen LogP contribution in [0.3, 0.4) is 0 Å². The van der Waals surface area contributed by atoms with Crippen molar-refractivity contribution in [2.75, 3.05) is 39.8 Å². The molecule has 0 saturated heterocycles. The number of rotatable bonds is 4. The first-order valence-electron chi connectivity index (χ1n) is 11.2. The van der Waals surface area contributed by atoms with Crippen LogP contribution in [0.1, 0.15) is 32.0 Å². The maximum Gasteiger partial charge on any atom is 0.329 e. The van der Waals surface area contributed by atoms with E-state index in [-0.39, 0.29) is 34.5 Å². The first-order valence-corrected chi connectivity index (χ1v) is 11.6. The highest BCUT2D eigenvalue weighted by atomic mass is 35.5. The lowest BCUT2D eigenvalue weighted by Gasteiger charge is -2.35. The minimum absolute atomic E-state index is 0.0331. The molecule has 190 valence electrons. The lowest BCUT2D eigenvalue weighted by Crippen LogP contribution is -2.45. The Hall–Kier alpha value is -3.86. The summed E-state index contributed by atoms with van der Waals surface area (Å²) in [5, 5.41) is 12.5. The van der Waals surface area contributed by atoms with E-state index in [0.717, 1.165) is 17.3 Å². The van der Waals surface area contributed by atoms with E-state index >= 15 is 0 Å². The zero-order valence-corrected chi connectivity index (χ0v) is 21.7. The molecule has 1 aliphatic rings. The summed E-state index contributed by atoms with van der Waals surface area (Å²) in [5.74, 6) is -0.109. The van der Waals surface area contributed by atoms with Gasteiger partial charge in [0.1, 0.15) is 11.6 Å². The number of nitrogens with zero attached hydrogens (tertiary/aromatic N) is 5. The van der Waals surface area contributed by atoms with Crippen molar-refractivity contribution in [3.05, 3.63) is 52.7 Å². The monoisotopic (exact) mass is 514 g/mol. The number of fused-ring (bicyclic) bond motifs is 1. The molecule has 12 heteroatoms. The van der Waals surface area contributed by atoms with Crippen LogP contribution in [0.15, 0.2) is 30.6 Å². The fraction of sp³-hybridized carbons (Fsp3) is 0.333. The van der Waals surface area contributed by atoms with Gasteiger partial charge in [-0.2, -0.15) is 5.10 Å². The molecule has 4 amide bonds. The molecular formula is C24H28ClFN8O2. The molecule has 2 aromatic heterocycles. The van der Waals surface area contributed by atoms with Crippen molar-refractivity contribution in [2.24, 2.45) is 0 Å². The summed E-state index contributed by atoms with van der Waals surface area (Å²) < 4.78 is 16.5. The van der Waals surface area contributed by atoms with Crippen LogP contribution in [0.4, 0.5) is 42.5 Å². The Morgan fingerprint density at radius 2 is 1.81 bits per heavy atom. The van der Waals surface area contributed by atoms with Crippen LogP contribution in [-0.2, 0) is 12.1 Å². The fourth-order valence-electron chi connectivity index (χ4n) is 4.08. The highest BCUT2D eigenvalue weighted by molar-refractivity contribution is 6.34. The number of anilines is 5. The summed E-state index contributed by atoms with van der Waals surface area (Å²) >= 11 is 6.34. The number of carbonyl (C=O) groups excluding carboxylic acids is 2. The third kappa shape index (κ3) is 4.66. The van der Waals surface area contributed by atoms with Crippen LogP contribution in [0.25, 0.3) is 0 Å². The summed E-state index contributed by atoms with van der Waals surface area (Å²) in [6.07, 6.45) is 3.21. The van der Waals surface area contributed by atoms with Gasteiger partial charge in [-0.25, -0.2) is 19.0 Å². The van der Waals surface area contributed by atoms with Crippen molar-refractivity contribution in [1.82, 2.24) is 14.8 Å². The Bertz CT molecular complexity index is 1350. The zero-order chi connectivity index (χ0) is 26.4. The van der Waals surface area contributed by atoms with E-state index < -0.39 is 11.8 Å². The van der Waals surface area contributed by atoms with Crippen molar-refractivity contribution >= 4 is 52.2 Å². The minimum Gasteiger partial charge on any atom is -0.373 e. The van der Waals surface area contributed by atoms with Gasteiger partial charge in [0.2, 0.25) is 0 Å². The van der Waals surface area contributed by atoms with Gasteiger partial charge in [-0.1, -0.05) is 11.6 Å². The number of hydrogen-bond acceptors (Lipinski definition) is 5. The molecule has 0 unspecified atom stereocenters. The number of urea groups is 2. The van der Waals surface area contributed by atoms with Crippen molar-refractivity contribution in [1.29, 1.82) is 0 Å². The van der Waals surface area contributed by atoms with Crippen LogP contribution >= 0.6 is 11.6 Å². The second-order valence-electron chi connectivity index (χ2n) is 9.46. The Balaban J connectivity index is 1.59. The van der Waals surface area contributed by atoms with Crippen LogP contribution in [-0.4, -0.2) is 40.9 Å². The molecule has 0 atom stereocenters. The predicted molar refractivity (Wildman–Crippen MR) is 140 cm³/mol. The zero-order valence-electron chi connectivity index (χ0n) is 20.9. The predicted octanol–water partition coefficient (Wildman–Crippen LogP) is 5.40. The van der Waals surface area contributed by atoms with E-state index in [4.69, 9.17) is 11.6 Å². The molecule has 0 fully saturated rings. The van der Waals surface area contributed by atoms with Crippen LogP contribution in [0.2, 0.25) is 5.02 Å². The smallest absolute Gasteiger partial charge is 0.329 e. The summed E-state index contributed by atoms with van der Waals surface area (Å²) in [5.41, 5.74) is 2.60. The number of aromatic nitrogens is 3. The van der Waals surface area contributed by atoms with E-state index in [9.17, 15) is 14.0 Å². The van der Waals surface area contributed by atoms with E-state index in [1.807, 2.05) is 27.7 Å². The number of amides is 4. The Kier molecular flexibility index (Phi) is 6.52. The van der Waals surface area contributed by atoms with E-state index in [0.29, 0.717) is 17.2 Å². The van der Waals surface area contributed by atoms with Crippen molar-refractivity contribution in [3.63, 3.8) is 0 Å². The van der Waals surface area contributed by atoms with Gasteiger partial charge < -0.3 is 16.0 Å². The fourth-order valence-corrected chi connectivity index (χ4v) is 4.33. The average Bonchev–Trinajstić information content (AvgIpc) is 3.18. The number of pyridine rings is 1. The highest BCUT2D eigenvalue weighted by Gasteiger charge is 2.31. The van der Waals surface area contributed by atoms with E-state index in [1.165, 1.54) is 22.1 Å². The van der Waals surface area contributed by atoms with E-state index in [1.54, 1.807) is 31.0 Å². The molecule has 3 N–H and O–H groups in total.